The third kappa shape index (κ3) is 4.16. The molecule has 5 rings (SSSR count). The molecule has 0 radical (unpaired) electrons. The molecule has 1 aromatic carbocycles. The van der Waals surface area contributed by atoms with Crippen LogP contribution in [0, 0.1) is 5.41 Å². The van der Waals surface area contributed by atoms with Gasteiger partial charge in [0, 0.05) is 23.6 Å². The van der Waals surface area contributed by atoms with Crippen molar-refractivity contribution in [2.24, 2.45) is 10.5 Å². The van der Waals surface area contributed by atoms with Crippen molar-refractivity contribution in [3.63, 3.8) is 0 Å². The zero-order valence-electron chi connectivity index (χ0n) is 22.2. The number of carbonyl (C=O) groups excluding carboxylic acids is 2. The molecule has 9 nitrogen and oxygen atoms in total. The van der Waals surface area contributed by atoms with Crippen LogP contribution in [0.25, 0.3) is 11.3 Å². The lowest BCUT2D eigenvalue weighted by molar-refractivity contribution is -0.860. The van der Waals surface area contributed by atoms with Gasteiger partial charge in [-0.05, 0) is 76.7 Å². The molecule has 1 fully saturated rings. The van der Waals surface area contributed by atoms with E-state index >= 15 is 0 Å². The fraction of sp³-hybridized carbons (Fsp3) is 0.414. The van der Waals surface area contributed by atoms with E-state index in [-0.39, 0.29) is 34.1 Å². The summed E-state index contributed by atoms with van der Waals surface area (Å²) in [6.45, 7) is 7.50. The van der Waals surface area contributed by atoms with Gasteiger partial charge in [-0.3, -0.25) is 4.79 Å². The smallest absolute Gasteiger partial charge is 0.377 e. The van der Waals surface area contributed by atoms with Gasteiger partial charge < -0.3 is 15.2 Å². The number of benzene rings is 1. The van der Waals surface area contributed by atoms with Gasteiger partial charge in [-0.2, -0.15) is 0 Å². The van der Waals surface area contributed by atoms with Gasteiger partial charge >= 0.3 is 11.9 Å². The van der Waals surface area contributed by atoms with Crippen LogP contribution < -0.4 is 10.1 Å². The lowest BCUT2D eigenvalue weighted by Crippen LogP contribution is -2.60. The second-order valence-electron chi connectivity index (χ2n) is 11.4. The van der Waals surface area contributed by atoms with Crippen molar-refractivity contribution in [3.05, 3.63) is 58.8 Å². The van der Waals surface area contributed by atoms with Gasteiger partial charge in [-0.1, -0.05) is 21.8 Å². The zero-order valence-corrected chi connectivity index (χ0v) is 22.2. The lowest BCUT2D eigenvalue weighted by atomic mass is 9.67. The summed E-state index contributed by atoms with van der Waals surface area (Å²) >= 11 is 0. The standard InChI is InChI=1S/C29H32N4O5/c1-28(2,3)33(25-21(17-31-33)15-29(16-23(25)34)8-10-30-11-9-29)26(35)20-13-22(32-24(14-20)38-4)18-6-5-7-19(12-18)27(36)37/h5-7,12-14,17,30H,8-11,15-16H2,1-4H3/p+1. The third-order valence-electron chi connectivity index (χ3n) is 7.97. The van der Waals surface area contributed by atoms with E-state index in [2.05, 4.69) is 10.3 Å². The molecule has 0 bridgehead atoms. The highest BCUT2D eigenvalue weighted by Crippen LogP contribution is 2.50. The molecule has 1 atom stereocenters. The quantitative estimate of drug-likeness (QED) is 0.584. The van der Waals surface area contributed by atoms with E-state index in [0.717, 1.165) is 37.9 Å². The summed E-state index contributed by atoms with van der Waals surface area (Å²) in [7, 11) is 1.46. The SMILES string of the molecule is COc1cc(C(=O)[N+]2(C(C)(C)C)N=CC3=C2C(=O)CC2(CCNCC2)C3)cc(-c2cccc(C(=O)O)c2)n1. The molecule has 2 aliphatic heterocycles. The summed E-state index contributed by atoms with van der Waals surface area (Å²) in [5.41, 5.74) is 1.78. The predicted octanol–water partition coefficient (Wildman–Crippen LogP) is 4.20. The molecule has 0 saturated carbocycles. The molecule has 1 aliphatic carbocycles. The average molecular weight is 518 g/mol. The Balaban J connectivity index is 1.62. The van der Waals surface area contributed by atoms with Gasteiger partial charge in [0.2, 0.25) is 17.4 Å². The number of quaternary nitrogens is 1. The van der Waals surface area contributed by atoms with Crippen LogP contribution in [0.4, 0.5) is 0 Å². The van der Waals surface area contributed by atoms with E-state index in [4.69, 9.17) is 9.84 Å². The maximum Gasteiger partial charge on any atom is 0.377 e. The first-order chi connectivity index (χ1) is 18.0. The van der Waals surface area contributed by atoms with Crippen molar-refractivity contribution in [2.75, 3.05) is 20.2 Å². The Morgan fingerprint density at radius 3 is 2.47 bits per heavy atom. The van der Waals surface area contributed by atoms with Crippen LogP contribution in [0.15, 0.2) is 52.8 Å². The van der Waals surface area contributed by atoms with Gasteiger partial charge in [0.1, 0.15) is 5.54 Å². The van der Waals surface area contributed by atoms with E-state index in [1.807, 2.05) is 20.8 Å². The maximum atomic E-state index is 14.5. The normalized spacial score (nSPS) is 22.5. The molecule has 38 heavy (non-hydrogen) atoms. The van der Waals surface area contributed by atoms with Gasteiger partial charge in [-0.25, -0.2) is 14.6 Å². The molecule has 1 spiro atoms. The molecule has 2 N–H and O–H groups in total. The van der Waals surface area contributed by atoms with Gasteiger partial charge in [0.15, 0.2) is 0 Å². The number of ether oxygens (including phenoxy) is 1. The summed E-state index contributed by atoms with van der Waals surface area (Å²) in [5, 5.41) is 17.6. The maximum absolute atomic E-state index is 14.5. The minimum Gasteiger partial charge on any atom is -0.481 e. The number of Topliss-reactive ketones (excluding diaryl/α,β-unsaturated/α-hetero) is 1. The number of aromatic nitrogens is 1. The van der Waals surface area contributed by atoms with Crippen molar-refractivity contribution >= 4 is 23.9 Å². The summed E-state index contributed by atoms with van der Waals surface area (Å²) in [6.07, 6.45) is 4.72. The molecule has 9 heteroatoms. The van der Waals surface area contributed by atoms with Gasteiger partial charge in [0.05, 0.1) is 30.1 Å². The summed E-state index contributed by atoms with van der Waals surface area (Å²) in [5.74, 6) is -1.23. The third-order valence-corrected chi connectivity index (χ3v) is 7.97. The van der Waals surface area contributed by atoms with E-state index in [1.54, 1.807) is 30.5 Å². The Bertz CT molecular complexity index is 1400. The molecule has 3 aliphatic rings. The fourth-order valence-electron chi connectivity index (χ4n) is 6.02. The largest absolute Gasteiger partial charge is 0.481 e. The molecular formula is C29H33N4O5+. The number of carboxylic acid groups (broad SMARTS) is 1. The van der Waals surface area contributed by atoms with Crippen molar-refractivity contribution < 1.29 is 28.8 Å². The summed E-state index contributed by atoms with van der Waals surface area (Å²) < 4.78 is 4.96. The number of ketones is 1. The molecule has 3 heterocycles. The first-order valence-corrected chi connectivity index (χ1v) is 12.9. The highest BCUT2D eigenvalue weighted by molar-refractivity contribution is 6.06. The second kappa shape index (κ2) is 9.25. The minimum absolute atomic E-state index is 0.0238. The highest BCUT2D eigenvalue weighted by atomic mass is 16.5. The summed E-state index contributed by atoms with van der Waals surface area (Å²) in [6, 6.07) is 9.53. The predicted molar refractivity (Wildman–Crippen MR) is 142 cm³/mol. The van der Waals surface area contributed by atoms with Crippen molar-refractivity contribution in [1.29, 1.82) is 0 Å². The molecule has 1 amide bonds. The number of piperidine rings is 1. The van der Waals surface area contributed by atoms with Crippen LogP contribution in [0.1, 0.15) is 67.2 Å². The van der Waals surface area contributed by atoms with Crippen LogP contribution in [-0.2, 0) is 4.79 Å². The number of nitrogens with zero attached hydrogens (tertiary/aromatic N) is 3. The number of aromatic carboxylic acids is 1. The number of carbonyl (C=O) groups is 3. The van der Waals surface area contributed by atoms with Crippen molar-refractivity contribution in [2.45, 2.75) is 52.0 Å². The molecule has 1 saturated heterocycles. The van der Waals surface area contributed by atoms with Crippen LogP contribution >= 0.6 is 0 Å². The molecule has 1 aromatic heterocycles. The number of nitrogens with one attached hydrogen (secondary N) is 1. The van der Waals surface area contributed by atoms with Gasteiger partial charge in [-0.15, -0.1) is 0 Å². The Labute approximate surface area is 221 Å². The number of amides is 1. The number of methoxy groups -OCH3 is 1. The van der Waals surface area contributed by atoms with Crippen LogP contribution in [0.5, 0.6) is 5.88 Å². The van der Waals surface area contributed by atoms with Crippen molar-refractivity contribution in [3.8, 4) is 17.1 Å². The van der Waals surface area contributed by atoms with E-state index in [1.165, 1.54) is 19.2 Å². The van der Waals surface area contributed by atoms with Gasteiger partial charge in [0.25, 0.3) is 0 Å². The Kier molecular flexibility index (Phi) is 6.31. The number of hydrogen-bond donors (Lipinski definition) is 2. The first kappa shape index (κ1) is 25.9. The average Bonchev–Trinajstić information content (AvgIpc) is 3.29. The van der Waals surface area contributed by atoms with E-state index in [0.29, 0.717) is 23.4 Å². The van der Waals surface area contributed by atoms with E-state index in [9.17, 15) is 19.5 Å². The topological polar surface area (TPSA) is 118 Å². The lowest BCUT2D eigenvalue weighted by Gasteiger charge is -2.43. The minimum atomic E-state index is -1.06. The molecule has 2 aromatic rings. The number of rotatable bonds is 4. The Morgan fingerprint density at radius 1 is 1.08 bits per heavy atom. The molecule has 198 valence electrons. The van der Waals surface area contributed by atoms with E-state index < -0.39 is 16.1 Å². The Morgan fingerprint density at radius 2 is 1.82 bits per heavy atom. The van der Waals surface area contributed by atoms with Crippen LogP contribution in [0.2, 0.25) is 0 Å². The first-order valence-electron chi connectivity index (χ1n) is 12.9. The number of hydrogen-bond acceptors (Lipinski definition) is 7. The number of pyridine rings is 1. The monoisotopic (exact) mass is 517 g/mol. The molecular weight excluding hydrogens is 484 g/mol. The summed E-state index contributed by atoms with van der Waals surface area (Å²) in [4.78, 5) is 44.3. The number of allylic oxidation sites excluding steroid dienone is 2. The molecule has 1 unspecified atom stereocenters. The number of carboxylic acids is 1. The van der Waals surface area contributed by atoms with Crippen LogP contribution in [0.3, 0.4) is 0 Å². The van der Waals surface area contributed by atoms with Crippen LogP contribution in [-0.4, -0.2) is 64.3 Å². The Hall–Kier alpha value is -3.69. The van der Waals surface area contributed by atoms with Crippen molar-refractivity contribution in [1.82, 2.24) is 10.3 Å². The fourth-order valence-corrected chi connectivity index (χ4v) is 6.02. The zero-order chi connectivity index (χ0) is 27.3. The second-order valence-corrected chi connectivity index (χ2v) is 11.4. The highest BCUT2D eigenvalue weighted by Gasteiger charge is 2.61.